The molecule has 0 unspecified atom stereocenters. The van der Waals surface area contributed by atoms with Gasteiger partial charge in [-0.25, -0.2) is 0 Å². The highest BCUT2D eigenvalue weighted by Crippen LogP contribution is 2.47. The van der Waals surface area contributed by atoms with Crippen molar-refractivity contribution in [3.8, 4) is 17.2 Å². The van der Waals surface area contributed by atoms with Gasteiger partial charge < -0.3 is 14.2 Å². The molecule has 22 heavy (non-hydrogen) atoms. The highest BCUT2D eigenvalue weighted by atomic mass is 127. The predicted octanol–water partition coefficient (Wildman–Crippen LogP) is 3.31. The normalized spacial score (nSPS) is 9.86. The lowest BCUT2D eigenvalue weighted by molar-refractivity contribution is -0.135. The van der Waals surface area contributed by atoms with E-state index >= 15 is 0 Å². The van der Waals surface area contributed by atoms with E-state index in [9.17, 15) is 14.4 Å². The molecule has 0 bridgehead atoms. The Morgan fingerprint density at radius 1 is 0.818 bits per heavy atom. The molecule has 0 aliphatic carbocycles. The Morgan fingerprint density at radius 2 is 1.23 bits per heavy atom. The number of ether oxygens (including phenoxy) is 3. The number of benzene rings is 1. The SMILES string of the molecule is C=Cc1c(I)c(I)c(OC(C)=O)c(OC(C)=O)c1OC(C)=O. The van der Waals surface area contributed by atoms with E-state index in [0.29, 0.717) is 12.7 Å². The van der Waals surface area contributed by atoms with Crippen LogP contribution in [-0.2, 0) is 14.4 Å². The van der Waals surface area contributed by atoms with E-state index in [0.717, 1.165) is 0 Å². The van der Waals surface area contributed by atoms with Crippen molar-refractivity contribution in [2.75, 3.05) is 0 Å². The van der Waals surface area contributed by atoms with Crippen LogP contribution in [-0.4, -0.2) is 17.9 Å². The minimum atomic E-state index is -0.645. The maximum atomic E-state index is 11.4. The summed E-state index contributed by atoms with van der Waals surface area (Å²) in [6.07, 6.45) is 1.47. The van der Waals surface area contributed by atoms with Gasteiger partial charge in [0.25, 0.3) is 0 Å². The molecule has 0 aliphatic heterocycles. The van der Waals surface area contributed by atoms with Gasteiger partial charge in [-0.05, 0) is 45.2 Å². The molecule has 118 valence electrons. The third-order valence-corrected chi connectivity index (χ3v) is 5.41. The van der Waals surface area contributed by atoms with E-state index < -0.39 is 17.9 Å². The molecule has 0 saturated heterocycles. The van der Waals surface area contributed by atoms with Gasteiger partial charge in [-0.15, -0.1) is 0 Å². The monoisotopic (exact) mass is 530 g/mol. The van der Waals surface area contributed by atoms with Crippen LogP contribution in [0.5, 0.6) is 17.2 Å². The van der Waals surface area contributed by atoms with Gasteiger partial charge in [0.2, 0.25) is 5.75 Å². The van der Waals surface area contributed by atoms with Crippen LogP contribution in [0, 0.1) is 7.14 Å². The van der Waals surface area contributed by atoms with Crippen molar-refractivity contribution >= 4 is 69.2 Å². The number of carbonyl (C=O) groups excluding carboxylic acids is 3. The zero-order valence-electron chi connectivity index (χ0n) is 12.0. The Morgan fingerprint density at radius 3 is 1.64 bits per heavy atom. The molecule has 8 heteroatoms. The van der Waals surface area contributed by atoms with E-state index in [2.05, 4.69) is 6.58 Å². The van der Waals surface area contributed by atoms with E-state index in [1.54, 1.807) is 0 Å². The molecule has 0 aliphatic rings. The number of hydrogen-bond donors (Lipinski definition) is 0. The maximum Gasteiger partial charge on any atom is 0.308 e. The van der Waals surface area contributed by atoms with E-state index in [1.165, 1.54) is 26.8 Å². The zero-order chi connectivity index (χ0) is 17.0. The first-order chi connectivity index (χ1) is 10.2. The van der Waals surface area contributed by atoms with E-state index in [-0.39, 0.29) is 17.2 Å². The second-order valence-electron chi connectivity index (χ2n) is 4.01. The molecule has 0 saturated carbocycles. The van der Waals surface area contributed by atoms with Gasteiger partial charge in [0.15, 0.2) is 11.5 Å². The molecule has 0 fully saturated rings. The van der Waals surface area contributed by atoms with E-state index in [1.807, 2.05) is 45.2 Å². The molecule has 0 heterocycles. The fourth-order valence-corrected chi connectivity index (χ4v) is 2.90. The van der Waals surface area contributed by atoms with Crippen LogP contribution >= 0.6 is 45.2 Å². The fraction of sp³-hybridized carbons (Fsp3) is 0.214. The molecule has 0 amide bonds. The standard InChI is InChI=1S/C14H12I2O6/c1-5-9-10(15)11(16)13(21-7(3)18)14(22-8(4)19)12(9)20-6(2)17/h5H,1H2,2-4H3. The van der Waals surface area contributed by atoms with Gasteiger partial charge >= 0.3 is 17.9 Å². The average molecular weight is 530 g/mol. The van der Waals surface area contributed by atoms with Gasteiger partial charge in [0, 0.05) is 29.9 Å². The number of rotatable bonds is 4. The third-order valence-electron chi connectivity index (χ3n) is 2.23. The Hall–Kier alpha value is -1.17. The number of esters is 3. The summed E-state index contributed by atoms with van der Waals surface area (Å²) in [6, 6.07) is 0. The van der Waals surface area contributed by atoms with Crippen LogP contribution < -0.4 is 14.2 Å². The molecule has 0 atom stereocenters. The minimum absolute atomic E-state index is 0.0150. The van der Waals surface area contributed by atoms with Gasteiger partial charge in [0.1, 0.15) is 0 Å². The molecular weight excluding hydrogens is 518 g/mol. The van der Waals surface area contributed by atoms with Crippen molar-refractivity contribution in [1.82, 2.24) is 0 Å². The largest absolute Gasteiger partial charge is 0.422 e. The summed E-state index contributed by atoms with van der Waals surface area (Å²) in [6.45, 7) is 7.28. The fourth-order valence-electron chi connectivity index (χ4n) is 1.54. The van der Waals surface area contributed by atoms with Gasteiger partial charge in [-0.1, -0.05) is 12.7 Å². The van der Waals surface area contributed by atoms with Crippen molar-refractivity contribution < 1.29 is 28.6 Å². The Balaban J connectivity index is 3.77. The molecule has 0 spiro atoms. The minimum Gasteiger partial charge on any atom is -0.422 e. The van der Waals surface area contributed by atoms with Crippen LogP contribution in [0.25, 0.3) is 6.08 Å². The predicted molar refractivity (Wildman–Crippen MR) is 95.9 cm³/mol. The van der Waals surface area contributed by atoms with Gasteiger partial charge in [-0.2, -0.15) is 0 Å². The van der Waals surface area contributed by atoms with Crippen LogP contribution in [0.2, 0.25) is 0 Å². The molecule has 1 rings (SSSR count). The maximum absolute atomic E-state index is 11.4. The van der Waals surface area contributed by atoms with Gasteiger partial charge in [0.05, 0.1) is 3.57 Å². The average Bonchev–Trinajstić information content (AvgIpc) is 2.39. The Labute approximate surface area is 154 Å². The first kappa shape index (κ1) is 18.9. The smallest absolute Gasteiger partial charge is 0.308 e. The molecular formula is C14H12I2O6. The lowest BCUT2D eigenvalue weighted by atomic mass is 10.1. The highest BCUT2D eigenvalue weighted by Gasteiger charge is 2.27. The number of carbonyl (C=O) groups is 3. The van der Waals surface area contributed by atoms with Crippen LogP contribution in [0.1, 0.15) is 26.3 Å². The van der Waals surface area contributed by atoms with Crippen LogP contribution in [0.3, 0.4) is 0 Å². The van der Waals surface area contributed by atoms with Crippen molar-refractivity contribution in [2.24, 2.45) is 0 Å². The summed E-state index contributed by atoms with van der Waals surface area (Å²) in [5.74, 6) is -1.97. The van der Waals surface area contributed by atoms with Crippen molar-refractivity contribution in [1.29, 1.82) is 0 Å². The third kappa shape index (κ3) is 4.41. The molecule has 0 aromatic heterocycles. The molecule has 6 nitrogen and oxygen atoms in total. The van der Waals surface area contributed by atoms with Gasteiger partial charge in [-0.3, -0.25) is 14.4 Å². The van der Waals surface area contributed by atoms with Crippen LogP contribution in [0.4, 0.5) is 0 Å². The van der Waals surface area contributed by atoms with Crippen molar-refractivity contribution in [2.45, 2.75) is 20.8 Å². The first-order valence-electron chi connectivity index (χ1n) is 5.91. The molecule has 1 aromatic carbocycles. The lowest BCUT2D eigenvalue weighted by Gasteiger charge is -2.18. The summed E-state index contributed by atoms with van der Waals surface area (Å²) in [7, 11) is 0. The molecule has 0 N–H and O–H groups in total. The summed E-state index contributed by atoms with van der Waals surface area (Å²) < 4.78 is 16.6. The second-order valence-corrected chi connectivity index (χ2v) is 6.17. The van der Waals surface area contributed by atoms with Crippen LogP contribution in [0.15, 0.2) is 6.58 Å². The molecule has 1 aromatic rings. The second kappa shape index (κ2) is 7.90. The summed E-state index contributed by atoms with van der Waals surface area (Å²) in [4.78, 5) is 34.0. The summed E-state index contributed by atoms with van der Waals surface area (Å²) in [5.41, 5.74) is 0.465. The summed E-state index contributed by atoms with van der Waals surface area (Å²) >= 11 is 3.94. The Bertz CT molecular complexity index is 666. The number of halogens is 2. The lowest BCUT2D eigenvalue weighted by Crippen LogP contribution is -2.13. The Kier molecular flexibility index (Phi) is 6.78. The van der Waals surface area contributed by atoms with Crippen molar-refractivity contribution in [3.05, 3.63) is 19.3 Å². The topological polar surface area (TPSA) is 78.9 Å². The molecule has 0 radical (unpaired) electrons. The highest BCUT2D eigenvalue weighted by molar-refractivity contribution is 14.1. The van der Waals surface area contributed by atoms with Crippen molar-refractivity contribution in [3.63, 3.8) is 0 Å². The summed E-state index contributed by atoms with van der Waals surface area (Å²) in [5, 5.41) is 0. The van der Waals surface area contributed by atoms with E-state index in [4.69, 9.17) is 14.2 Å². The quantitative estimate of drug-likeness (QED) is 0.338. The number of hydrogen-bond acceptors (Lipinski definition) is 6. The first-order valence-corrected chi connectivity index (χ1v) is 8.07. The zero-order valence-corrected chi connectivity index (χ0v) is 16.3.